The third kappa shape index (κ3) is 5.56. The first-order chi connectivity index (χ1) is 16.3. The Labute approximate surface area is 195 Å². The second-order valence-corrected chi connectivity index (χ2v) is 7.74. The maximum absolute atomic E-state index is 12.8. The van der Waals surface area contributed by atoms with Gasteiger partial charge in [0.15, 0.2) is 0 Å². The van der Waals surface area contributed by atoms with Gasteiger partial charge in [-0.1, -0.05) is 30.3 Å². The number of non-ortho nitro benzene ring substituents is 1. The molecule has 0 saturated heterocycles. The minimum absolute atomic E-state index is 0.136. The highest BCUT2D eigenvalue weighted by Crippen LogP contribution is 2.33. The molecule has 1 aromatic heterocycles. The van der Waals surface area contributed by atoms with Gasteiger partial charge in [-0.05, 0) is 30.3 Å². The molecular weight excluding hydrogens is 469 g/mol. The van der Waals surface area contributed by atoms with E-state index in [1.165, 1.54) is 47.9 Å². The van der Waals surface area contributed by atoms with Crippen molar-refractivity contribution >= 4 is 28.4 Å². The second-order valence-electron chi connectivity index (χ2n) is 6.88. The Hall–Kier alpha value is -4.25. The molecule has 0 unspecified atom stereocenters. The smallest absolute Gasteiger partial charge is 0.416 e. The highest BCUT2D eigenvalue weighted by Gasteiger charge is 2.30. The number of benzene rings is 3. The van der Waals surface area contributed by atoms with Crippen LogP contribution in [0, 0.1) is 10.1 Å². The number of ether oxygens (including phenoxy) is 1. The number of hydrogen-bond acceptors (Lipinski definition) is 7. The predicted octanol–water partition coefficient (Wildman–Crippen LogP) is 6.98. The number of nitro groups is 1. The summed E-state index contributed by atoms with van der Waals surface area (Å²) in [5, 5.41) is 17.6. The van der Waals surface area contributed by atoms with Crippen LogP contribution in [0.2, 0.25) is 0 Å². The molecule has 34 heavy (non-hydrogen) atoms. The van der Waals surface area contributed by atoms with Crippen molar-refractivity contribution in [2.75, 3.05) is 5.43 Å². The molecule has 4 rings (SSSR count). The largest absolute Gasteiger partial charge is 0.457 e. The molecule has 11 heteroatoms. The number of nitrogens with zero attached hydrogens (tertiary/aromatic N) is 3. The first-order valence-corrected chi connectivity index (χ1v) is 10.6. The fourth-order valence-corrected chi connectivity index (χ4v) is 3.57. The summed E-state index contributed by atoms with van der Waals surface area (Å²) in [6, 6.07) is 17.5. The van der Waals surface area contributed by atoms with Crippen molar-refractivity contribution in [3.8, 4) is 22.8 Å². The normalized spacial score (nSPS) is 11.5. The number of hydrogen-bond donors (Lipinski definition) is 1. The number of thiazole rings is 1. The highest BCUT2D eigenvalue weighted by atomic mass is 32.1. The molecule has 0 aliphatic heterocycles. The average molecular weight is 484 g/mol. The molecule has 0 spiro atoms. The zero-order valence-corrected chi connectivity index (χ0v) is 18.0. The summed E-state index contributed by atoms with van der Waals surface area (Å²) in [5.74, 6) is 0.317. The maximum Gasteiger partial charge on any atom is 0.416 e. The molecule has 1 N–H and O–H groups in total. The third-order valence-corrected chi connectivity index (χ3v) is 5.30. The lowest BCUT2D eigenvalue weighted by atomic mass is 10.2. The fraction of sp³-hybridized carbons (Fsp3) is 0.0435. The van der Waals surface area contributed by atoms with Gasteiger partial charge in [0.1, 0.15) is 11.5 Å². The van der Waals surface area contributed by atoms with Crippen molar-refractivity contribution in [1.29, 1.82) is 0 Å². The standard InChI is InChI=1S/C23H15F3N4O3S/c24-23(25,26)17-6-9-19(10-7-17)33-21-11-8-18(30(31)32)12-16(21)13-27-29-22-28-20(14-34-22)15-4-2-1-3-5-15/h1-14H,(H,28,29). The quantitative estimate of drug-likeness (QED) is 0.174. The van der Waals surface area contributed by atoms with E-state index in [4.69, 9.17) is 4.74 Å². The van der Waals surface area contributed by atoms with Crippen LogP contribution >= 0.6 is 11.3 Å². The number of aromatic nitrogens is 1. The van der Waals surface area contributed by atoms with E-state index in [9.17, 15) is 23.3 Å². The Kier molecular flexibility index (Phi) is 6.55. The number of nitrogens with one attached hydrogen (secondary N) is 1. The molecule has 172 valence electrons. The summed E-state index contributed by atoms with van der Waals surface area (Å²) in [6.07, 6.45) is -3.15. The Morgan fingerprint density at radius 3 is 2.47 bits per heavy atom. The lowest BCUT2D eigenvalue weighted by Gasteiger charge is -2.10. The SMILES string of the molecule is O=[N+]([O-])c1ccc(Oc2ccc(C(F)(F)F)cc2)c(C=NNc2nc(-c3ccccc3)cs2)c1. The topological polar surface area (TPSA) is 89.7 Å². The Morgan fingerprint density at radius 1 is 1.06 bits per heavy atom. The Balaban J connectivity index is 1.53. The van der Waals surface area contributed by atoms with Crippen molar-refractivity contribution in [3.05, 3.63) is 99.4 Å². The van der Waals surface area contributed by atoms with Crippen LogP contribution in [0.3, 0.4) is 0 Å². The first kappa shape index (κ1) is 22.9. The summed E-state index contributed by atoms with van der Waals surface area (Å²) in [6.45, 7) is 0. The van der Waals surface area contributed by atoms with Crippen molar-refractivity contribution in [2.24, 2.45) is 5.10 Å². The average Bonchev–Trinajstić information content (AvgIpc) is 3.29. The molecule has 0 radical (unpaired) electrons. The number of nitro benzene ring substituents is 1. The van der Waals surface area contributed by atoms with E-state index in [-0.39, 0.29) is 22.7 Å². The summed E-state index contributed by atoms with van der Waals surface area (Å²) < 4.78 is 44.0. The number of rotatable bonds is 7. The van der Waals surface area contributed by atoms with Gasteiger partial charge in [-0.3, -0.25) is 15.5 Å². The van der Waals surface area contributed by atoms with Gasteiger partial charge in [0.2, 0.25) is 5.13 Å². The zero-order chi connectivity index (χ0) is 24.1. The summed E-state index contributed by atoms with van der Waals surface area (Å²) in [5.41, 5.74) is 3.73. The fourth-order valence-electron chi connectivity index (χ4n) is 2.91. The molecule has 4 aromatic rings. The van der Waals surface area contributed by atoms with Crippen LogP contribution in [-0.4, -0.2) is 16.1 Å². The van der Waals surface area contributed by atoms with Crippen LogP contribution in [0.4, 0.5) is 24.0 Å². The summed E-state index contributed by atoms with van der Waals surface area (Å²) in [7, 11) is 0. The van der Waals surface area contributed by atoms with Gasteiger partial charge in [-0.2, -0.15) is 18.3 Å². The molecule has 3 aromatic carbocycles. The van der Waals surface area contributed by atoms with Gasteiger partial charge < -0.3 is 4.74 Å². The van der Waals surface area contributed by atoms with E-state index in [0.29, 0.717) is 5.13 Å². The lowest BCUT2D eigenvalue weighted by molar-refractivity contribution is -0.384. The molecular formula is C23H15F3N4O3S. The number of hydrazone groups is 1. The summed E-state index contributed by atoms with van der Waals surface area (Å²) in [4.78, 5) is 15.0. The number of halogens is 3. The van der Waals surface area contributed by atoms with Gasteiger partial charge in [-0.15, -0.1) is 11.3 Å². The minimum atomic E-state index is -4.47. The van der Waals surface area contributed by atoms with Crippen LogP contribution in [0.15, 0.2) is 83.3 Å². The number of anilines is 1. The van der Waals surface area contributed by atoms with Crippen molar-refractivity contribution in [1.82, 2.24) is 4.98 Å². The van der Waals surface area contributed by atoms with Crippen LogP contribution in [0.25, 0.3) is 11.3 Å². The minimum Gasteiger partial charge on any atom is -0.457 e. The molecule has 0 aliphatic rings. The van der Waals surface area contributed by atoms with Crippen LogP contribution < -0.4 is 10.2 Å². The van der Waals surface area contributed by atoms with E-state index >= 15 is 0 Å². The predicted molar refractivity (Wildman–Crippen MR) is 123 cm³/mol. The van der Waals surface area contributed by atoms with E-state index in [1.54, 1.807) is 0 Å². The molecule has 0 aliphatic carbocycles. The van der Waals surface area contributed by atoms with E-state index in [2.05, 4.69) is 15.5 Å². The van der Waals surface area contributed by atoms with Gasteiger partial charge in [-0.25, -0.2) is 4.98 Å². The van der Waals surface area contributed by atoms with Crippen LogP contribution in [0.1, 0.15) is 11.1 Å². The Morgan fingerprint density at radius 2 is 1.79 bits per heavy atom. The van der Waals surface area contributed by atoms with E-state index in [1.807, 2.05) is 35.7 Å². The number of alkyl halides is 3. The molecule has 7 nitrogen and oxygen atoms in total. The molecule has 1 heterocycles. The van der Waals surface area contributed by atoms with Crippen LogP contribution in [-0.2, 0) is 6.18 Å². The zero-order valence-electron chi connectivity index (χ0n) is 17.2. The Bertz CT molecular complexity index is 1320. The monoisotopic (exact) mass is 484 g/mol. The van der Waals surface area contributed by atoms with E-state index in [0.717, 1.165) is 23.4 Å². The van der Waals surface area contributed by atoms with Crippen molar-refractivity contribution in [2.45, 2.75) is 6.18 Å². The van der Waals surface area contributed by atoms with Gasteiger partial charge in [0.05, 0.1) is 22.4 Å². The second kappa shape index (κ2) is 9.71. The molecule has 0 saturated carbocycles. The van der Waals surface area contributed by atoms with E-state index < -0.39 is 16.7 Å². The molecule has 0 bridgehead atoms. The van der Waals surface area contributed by atoms with Crippen LogP contribution in [0.5, 0.6) is 11.5 Å². The molecule has 0 amide bonds. The van der Waals surface area contributed by atoms with Gasteiger partial charge in [0, 0.05) is 28.6 Å². The van der Waals surface area contributed by atoms with Crippen molar-refractivity contribution in [3.63, 3.8) is 0 Å². The van der Waals surface area contributed by atoms with Gasteiger partial charge in [0.25, 0.3) is 5.69 Å². The molecule has 0 atom stereocenters. The third-order valence-electron chi connectivity index (χ3n) is 4.55. The lowest BCUT2D eigenvalue weighted by Crippen LogP contribution is -2.04. The highest BCUT2D eigenvalue weighted by molar-refractivity contribution is 7.14. The van der Waals surface area contributed by atoms with Gasteiger partial charge >= 0.3 is 6.18 Å². The molecule has 0 fully saturated rings. The van der Waals surface area contributed by atoms with Crippen molar-refractivity contribution < 1.29 is 22.8 Å². The first-order valence-electron chi connectivity index (χ1n) is 9.73. The summed E-state index contributed by atoms with van der Waals surface area (Å²) >= 11 is 1.33. The maximum atomic E-state index is 12.8.